The molecular formula is C6H5ClN4. The van der Waals surface area contributed by atoms with E-state index in [9.17, 15) is 0 Å². The lowest BCUT2D eigenvalue weighted by atomic mass is 10.5. The third-order valence-electron chi connectivity index (χ3n) is 1.40. The summed E-state index contributed by atoms with van der Waals surface area (Å²) in [6.45, 7) is 0. The average molecular weight is 169 g/mol. The van der Waals surface area contributed by atoms with Crippen molar-refractivity contribution in [3.8, 4) is 0 Å². The highest BCUT2D eigenvalue weighted by molar-refractivity contribution is 6.30. The smallest absolute Gasteiger partial charge is 0.226 e. The Kier molecular flexibility index (Phi) is 1.22. The maximum atomic E-state index is 5.71. The maximum Gasteiger partial charge on any atom is 0.226 e. The summed E-state index contributed by atoms with van der Waals surface area (Å²) in [5, 5.41) is 8.08. The van der Waals surface area contributed by atoms with Crippen LogP contribution in [0, 0.1) is 0 Å². The maximum absolute atomic E-state index is 5.71. The minimum Gasteiger partial charge on any atom is -0.368 e. The molecule has 0 aliphatic carbocycles. The van der Waals surface area contributed by atoms with Crippen molar-refractivity contribution in [2.75, 3.05) is 5.73 Å². The number of nitrogens with two attached hydrogens (primary N) is 1. The van der Waals surface area contributed by atoms with Gasteiger partial charge in [-0.3, -0.25) is 4.40 Å². The predicted octanol–water partition coefficient (Wildman–Crippen LogP) is 0.965. The molecule has 2 rings (SSSR count). The molecule has 0 fully saturated rings. The Balaban J connectivity index is 2.86. The van der Waals surface area contributed by atoms with Gasteiger partial charge in [0.1, 0.15) is 0 Å². The van der Waals surface area contributed by atoms with Crippen LogP contribution in [0.4, 0.5) is 5.95 Å². The van der Waals surface area contributed by atoms with Gasteiger partial charge in [-0.2, -0.15) is 0 Å². The standard InChI is InChI=1S/C6H5ClN4/c7-4-1-2-11-5(3-4)9-10-6(11)8/h1-3H,(H2,8,10). The number of fused-ring (bicyclic) bond motifs is 1. The number of aromatic nitrogens is 3. The Bertz CT molecular complexity index is 394. The summed E-state index contributed by atoms with van der Waals surface area (Å²) >= 11 is 5.71. The fourth-order valence-corrected chi connectivity index (χ4v) is 1.04. The van der Waals surface area contributed by atoms with E-state index in [-0.39, 0.29) is 0 Å². The van der Waals surface area contributed by atoms with Crippen molar-refractivity contribution >= 4 is 23.2 Å². The molecule has 0 unspecified atom stereocenters. The predicted molar refractivity (Wildman–Crippen MR) is 42.4 cm³/mol. The van der Waals surface area contributed by atoms with Crippen molar-refractivity contribution in [3.05, 3.63) is 23.4 Å². The van der Waals surface area contributed by atoms with Gasteiger partial charge in [-0.05, 0) is 6.07 Å². The molecule has 56 valence electrons. The third-order valence-corrected chi connectivity index (χ3v) is 1.63. The number of nitrogen functional groups attached to an aromatic ring is 1. The summed E-state index contributed by atoms with van der Waals surface area (Å²) in [6, 6.07) is 3.43. The SMILES string of the molecule is Nc1nnc2cc(Cl)ccn12. The molecule has 0 aromatic carbocycles. The summed E-state index contributed by atoms with van der Waals surface area (Å²) < 4.78 is 1.66. The van der Waals surface area contributed by atoms with Crippen LogP contribution in [0.3, 0.4) is 0 Å². The van der Waals surface area contributed by atoms with Gasteiger partial charge in [-0.15, -0.1) is 10.2 Å². The first-order valence-electron chi connectivity index (χ1n) is 3.03. The number of pyridine rings is 1. The van der Waals surface area contributed by atoms with Crippen LogP contribution < -0.4 is 5.73 Å². The Labute approximate surface area is 67.6 Å². The molecule has 0 radical (unpaired) electrons. The van der Waals surface area contributed by atoms with Crippen LogP contribution in [0.15, 0.2) is 18.3 Å². The van der Waals surface area contributed by atoms with Crippen LogP contribution >= 0.6 is 11.6 Å². The lowest BCUT2D eigenvalue weighted by Crippen LogP contribution is -1.92. The fourth-order valence-electron chi connectivity index (χ4n) is 0.885. The molecule has 2 aromatic heterocycles. The number of anilines is 1. The molecule has 5 heteroatoms. The summed E-state index contributed by atoms with van der Waals surface area (Å²) in [5.41, 5.74) is 6.13. The van der Waals surface area contributed by atoms with E-state index in [1.807, 2.05) is 0 Å². The number of rotatable bonds is 0. The van der Waals surface area contributed by atoms with Gasteiger partial charge in [0.2, 0.25) is 5.95 Å². The highest BCUT2D eigenvalue weighted by Gasteiger charge is 1.99. The molecule has 4 nitrogen and oxygen atoms in total. The number of hydrogen-bond donors (Lipinski definition) is 1. The first-order valence-corrected chi connectivity index (χ1v) is 3.41. The molecule has 0 amide bonds. The molecule has 2 heterocycles. The van der Waals surface area contributed by atoms with Gasteiger partial charge in [0.15, 0.2) is 5.65 Å². The second kappa shape index (κ2) is 2.10. The highest BCUT2D eigenvalue weighted by atomic mass is 35.5. The Morgan fingerprint density at radius 1 is 1.45 bits per heavy atom. The van der Waals surface area contributed by atoms with Crippen LogP contribution in [0.5, 0.6) is 0 Å². The van der Waals surface area contributed by atoms with Gasteiger partial charge >= 0.3 is 0 Å². The van der Waals surface area contributed by atoms with Gasteiger partial charge in [-0.1, -0.05) is 11.6 Å². The summed E-state index contributed by atoms with van der Waals surface area (Å²) in [7, 11) is 0. The van der Waals surface area contributed by atoms with E-state index in [1.54, 1.807) is 22.7 Å². The minimum absolute atomic E-state index is 0.372. The third kappa shape index (κ3) is 0.914. The highest BCUT2D eigenvalue weighted by Crippen LogP contribution is 2.11. The second-order valence-corrected chi connectivity index (χ2v) is 2.57. The molecule has 0 aliphatic heterocycles. The normalized spacial score (nSPS) is 10.6. The van der Waals surface area contributed by atoms with Gasteiger partial charge < -0.3 is 5.73 Å². The summed E-state index contributed by atoms with van der Waals surface area (Å²) in [4.78, 5) is 0. The van der Waals surface area contributed by atoms with Crippen LogP contribution in [-0.2, 0) is 0 Å². The van der Waals surface area contributed by atoms with Gasteiger partial charge in [0.05, 0.1) is 0 Å². The van der Waals surface area contributed by atoms with Crippen molar-refractivity contribution in [3.63, 3.8) is 0 Å². The van der Waals surface area contributed by atoms with E-state index >= 15 is 0 Å². The number of nitrogens with zero attached hydrogens (tertiary/aromatic N) is 3. The monoisotopic (exact) mass is 168 g/mol. The lowest BCUT2D eigenvalue weighted by molar-refractivity contribution is 1.12. The van der Waals surface area contributed by atoms with Crippen molar-refractivity contribution in [2.24, 2.45) is 0 Å². The van der Waals surface area contributed by atoms with Crippen molar-refractivity contribution in [2.45, 2.75) is 0 Å². The van der Waals surface area contributed by atoms with E-state index in [2.05, 4.69) is 10.2 Å². The fraction of sp³-hybridized carbons (Fsp3) is 0. The lowest BCUT2D eigenvalue weighted by Gasteiger charge is -1.92. The summed E-state index contributed by atoms with van der Waals surface area (Å²) in [5.74, 6) is 0.372. The molecule has 0 atom stereocenters. The minimum atomic E-state index is 0.372. The molecule has 11 heavy (non-hydrogen) atoms. The Morgan fingerprint density at radius 3 is 3.09 bits per heavy atom. The van der Waals surface area contributed by atoms with E-state index in [1.165, 1.54) is 0 Å². The average Bonchev–Trinajstić information content (AvgIpc) is 2.32. The zero-order valence-electron chi connectivity index (χ0n) is 5.53. The largest absolute Gasteiger partial charge is 0.368 e. The van der Waals surface area contributed by atoms with Gasteiger partial charge in [0.25, 0.3) is 0 Å². The molecule has 2 aromatic rings. The molecule has 0 saturated carbocycles. The van der Waals surface area contributed by atoms with E-state index in [0.717, 1.165) is 0 Å². The number of hydrogen-bond acceptors (Lipinski definition) is 3. The first-order chi connectivity index (χ1) is 5.27. The van der Waals surface area contributed by atoms with E-state index < -0.39 is 0 Å². The second-order valence-electron chi connectivity index (χ2n) is 2.13. The van der Waals surface area contributed by atoms with Gasteiger partial charge in [-0.25, -0.2) is 0 Å². The van der Waals surface area contributed by atoms with Crippen molar-refractivity contribution in [1.29, 1.82) is 0 Å². The van der Waals surface area contributed by atoms with Crippen LogP contribution in [0.2, 0.25) is 5.02 Å². The molecule has 0 bridgehead atoms. The quantitative estimate of drug-likeness (QED) is 0.638. The number of halogens is 1. The molecular weight excluding hydrogens is 164 g/mol. The van der Waals surface area contributed by atoms with E-state index in [0.29, 0.717) is 16.6 Å². The first kappa shape index (κ1) is 6.42. The molecule has 0 aliphatic rings. The van der Waals surface area contributed by atoms with Crippen molar-refractivity contribution < 1.29 is 0 Å². The van der Waals surface area contributed by atoms with Crippen LogP contribution in [-0.4, -0.2) is 14.6 Å². The van der Waals surface area contributed by atoms with Crippen LogP contribution in [0.1, 0.15) is 0 Å². The molecule has 2 N–H and O–H groups in total. The van der Waals surface area contributed by atoms with Crippen LogP contribution in [0.25, 0.3) is 5.65 Å². The zero-order chi connectivity index (χ0) is 7.84. The topological polar surface area (TPSA) is 56.2 Å². The molecule has 0 saturated heterocycles. The zero-order valence-corrected chi connectivity index (χ0v) is 6.28. The Morgan fingerprint density at radius 2 is 2.27 bits per heavy atom. The summed E-state index contributed by atoms with van der Waals surface area (Å²) in [6.07, 6.45) is 1.73. The van der Waals surface area contributed by atoms with E-state index in [4.69, 9.17) is 17.3 Å². The van der Waals surface area contributed by atoms with Crippen molar-refractivity contribution in [1.82, 2.24) is 14.6 Å². The van der Waals surface area contributed by atoms with Gasteiger partial charge in [0, 0.05) is 17.3 Å². The Hall–Kier alpha value is -1.29. The molecule has 0 spiro atoms.